The maximum absolute atomic E-state index is 11.4. The average molecular weight is 201 g/mol. The van der Waals surface area contributed by atoms with Gasteiger partial charge in [-0.15, -0.1) is 0 Å². The van der Waals surface area contributed by atoms with Crippen molar-refractivity contribution in [3.05, 3.63) is 47.5 Å². The number of rotatable bonds is 1. The molecule has 0 aromatic carbocycles. The molecule has 0 aliphatic carbocycles. The van der Waals surface area contributed by atoms with Gasteiger partial charge in [-0.3, -0.25) is 9.36 Å². The Hall–Kier alpha value is -2.30. The molecule has 0 aliphatic heterocycles. The standard InChI is InChI=1S/C10H7N3O2/c14-10-8-1-3-13(7-2-4-15-5-7)9(8)11-6-12-10/h1-6H,(H,11,12,14). The molecule has 3 heterocycles. The van der Waals surface area contributed by atoms with Gasteiger partial charge >= 0.3 is 0 Å². The molecule has 1 N–H and O–H groups in total. The molecule has 0 aliphatic rings. The van der Waals surface area contributed by atoms with E-state index in [4.69, 9.17) is 4.42 Å². The van der Waals surface area contributed by atoms with Crippen LogP contribution in [0.3, 0.4) is 0 Å². The summed E-state index contributed by atoms with van der Waals surface area (Å²) in [5.74, 6) is 0. The molecule has 0 spiro atoms. The highest BCUT2D eigenvalue weighted by Gasteiger charge is 2.07. The first-order valence-electron chi connectivity index (χ1n) is 4.43. The van der Waals surface area contributed by atoms with E-state index in [1.807, 2.05) is 6.07 Å². The van der Waals surface area contributed by atoms with Gasteiger partial charge in [-0.1, -0.05) is 0 Å². The van der Waals surface area contributed by atoms with E-state index in [1.165, 1.54) is 6.33 Å². The van der Waals surface area contributed by atoms with Crippen molar-refractivity contribution in [2.45, 2.75) is 0 Å². The predicted octanol–water partition coefficient (Wildman–Crippen LogP) is 1.31. The van der Waals surface area contributed by atoms with Crippen molar-refractivity contribution >= 4 is 11.0 Å². The third kappa shape index (κ3) is 1.10. The number of hydrogen-bond acceptors (Lipinski definition) is 3. The Morgan fingerprint density at radius 3 is 3.13 bits per heavy atom. The van der Waals surface area contributed by atoms with Gasteiger partial charge in [-0.2, -0.15) is 0 Å². The van der Waals surface area contributed by atoms with Crippen molar-refractivity contribution in [1.82, 2.24) is 14.5 Å². The Bertz CT molecular complexity index is 649. The lowest BCUT2D eigenvalue weighted by atomic mass is 10.4. The van der Waals surface area contributed by atoms with Gasteiger partial charge in [0.2, 0.25) is 0 Å². The Kier molecular flexibility index (Phi) is 1.53. The minimum absolute atomic E-state index is 0.137. The van der Waals surface area contributed by atoms with Gasteiger partial charge in [-0.05, 0) is 6.07 Å². The molecule has 0 saturated heterocycles. The third-order valence-corrected chi connectivity index (χ3v) is 2.27. The molecule has 15 heavy (non-hydrogen) atoms. The van der Waals surface area contributed by atoms with Crippen LogP contribution >= 0.6 is 0 Å². The van der Waals surface area contributed by atoms with E-state index in [2.05, 4.69) is 9.97 Å². The van der Waals surface area contributed by atoms with Crippen LogP contribution in [0.2, 0.25) is 0 Å². The molecule has 0 atom stereocenters. The van der Waals surface area contributed by atoms with Crippen LogP contribution in [-0.2, 0) is 0 Å². The molecule has 5 nitrogen and oxygen atoms in total. The molecule has 74 valence electrons. The largest absolute Gasteiger partial charge is 0.470 e. The first kappa shape index (κ1) is 8.05. The van der Waals surface area contributed by atoms with Gasteiger partial charge in [0.05, 0.1) is 23.7 Å². The second kappa shape index (κ2) is 2.84. The fourth-order valence-corrected chi connectivity index (χ4v) is 1.57. The normalized spacial score (nSPS) is 10.9. The van der Waals surface area contributed by atoms with E-state index in [-0.39, 0.29) is 5.56 Å². The number of aromatic amines is 1. The fraction of sp³-hybridized carbons (Fsp3) is 0. The third-order valence-electron chi connectivity index (χ3n) is 2.27. The summed E-state index contributed by atoms with van der Waals surface area (Å²) < 4.78 is 6.78. The first-order valence-corrected chi connectivity index (χ1v) is 4.43. The molecule has 5 heteroatoms. The number of hydrogen-bond donors (Lipinski definition) is 1. The number of aromatic nitrogens is 3. The zero-order valence-electron chi connectivity index (χ0n) is 7.68. The van der Waals surface area contributed by atoms with Gasteiger partial charge in [0.1, 0.15) is 6.26 Å². The summed E-state index contributed by atoms with van der Waals surface area (Å²) in [6, 6.07) is 3.54. The zero-order chi connectivity index (χ0) is 10.3. The highest BCUT2D eigenvalue weighted by atomic mass is 16.3. The molecular formula is C10H7N3O2. The Balaban J connectivity index is 2.39. The highest BCUT2D eigenvalue weighted by molar-refractivity contribution is 5.76. The van der Waals surface area contributed by atoms with E-state index in [0.29, 0.717) is 11.0 Å². The molecule has 0 bridgehead atoms. The monoisotopic (exact) mass is 201 g/mol. The minimum atomic E-state index is -0.137. The first-order chi connectivity index (χ1) is 7.36. The highest BCUT2D eigenvalue weighted by Crippen LogP contribution is 2.15. The summed E-state index contributed by atoms with van der Waals surface area (Å²) in [4.78, 5) is 18.1. The SMILES string of the molecule is O=c1[nH]cnc2c1ccn2-c1ccoc1. The minimum Gasteiger partial charge on any atom is -0.470 e. The smallest absolute Gasteiger partial charge is 0.260 e. The number of nitrogens with zero attached hydrogens (tertiary/aromatic N) is 2. The Morgan fingerprint density at radius 2 is 2.33 bits per heavy atom. The molecule has 0 fully saturated rings. The molecule has 0 saturated carbocycles. The van der Waals surface area contributed by atoms with Gasteiger partial charge in [0.15, 0.2) is 5.65 Å². The quantitative estimate of drug-likeness (QED) is 0.645. The molecule has 3 aromatic heterocycles. The van der Waals surface area contributed by atoms with Crippen molar-refractivity contribution in [3.63, 3.8) is 0 Å². The summed E-state index contributed by atoms with van der Waals surface area (Å²) in [5.41, 5.74) is 1.34. The second-order valence-electron chi connectivity index (χ2n) is 3.14. The summed E-state index contributed by atoms with van der Waals surface area (Å²) in [6.45, 7) is 0. The number of nitrogens with one attached hydrogen (secondary N) is 1. The van der Waals surface area contributed by atoms with Gasteiger partial charge in [0.25, 0.3) is 5.56 Å². The predicted molar refractivity (Wildman–Crippen MR) is 54.0 cm³/mol. The summed E-state index contributed by atoms with van der Waals surface area (Å²) in [6.07, 6.45) is 6.36. The van der Waals surface area contributed by atoms with Crippen LogP contribution in [0.4, 0.5) is 0 Å². The second-order valence-corrected chi connectivity index (χ2v) is 3.14. The Labute approximate surface area is 84.0 Å². The van der Waals surface area contributed by atoms with Crippen molar-refractivity contribution in [1.29, 1.82) is 0 Å². The van der Waals surface area contributed by atoms with Crippen LogP contribution in [0.1, 0.15) is 0 Å². The van der Waals surface area contributed by atoms with Crippen LogP contribution < -0.4 is 5.56 Å². The number of H-pyrrole nitrogens is 1. The molecule has 0 amide bonds. The molecule has 0 radical (unpaired) electrons. The topological polar surface area (TPSA) is 63.8 Å². The van der Waals surface area contributed by atoms with Crippen LogP contribution in [0.25, 0.3) is 16.7 Å². The maximum atomic E-state index is 11.4. The van der Waals surface area contributed by atoms with E-state index < -0.39 is 0 Å². The number of furan rings is 1. The maximum Gasteiger partial charge on any atom is 0.260 e. The van der Waals surface area contributed by atoms with Crippen LogP contribution in [0.5, 0.6) is 0 Å². The lowest BCUT2D eigenvalue weighted by Crippen LogP contribution is -2.05. The van der Waals surface area contributed by atoms with Crippen LogP contribution in [-0.4, -0.2) is 14.5 Å². The van der Waals surface area contributed by atoms with Crippen LogP contribution in [0.15, 0.2) is 46.4 Å². The van der Waals surface area contributed by atoms with Crippen molar-refractivity contribution in [2.24, 2.45) is 0 Å². The lowest BCUT2D eigenvalue weighted by Gasteiger charge is -1.98. The van der Waals surface area contributed by atoms with E-state index >= 15 is 0 Å². The summed E-state index contributed by atoms with van der Waals surface area (Å²) >= 11 is 0. The molecule has 3 aromatic rings. The summed E-state index contributed by atoms with van der Waals surface area (Å²) in [7, 11) is 0. The fourth-order valence-electron chi connectivity index (χ4n) is 1.57. The van der Waals surface area contributed by atoms with Gasteiger partial charge < -0.3 is 9.40 Å². The molecular weight excluding hydrogens is 194 g/mol. The lowest BCUT2D eigenvalue weighted by molar-refractivity contribution is 0.566. The summed E-state index contributed by atoms with van der Waals surface area (Å²) in [5, 5.41) is 0.568. The van der Waals surface area contributed by atoms with Gasteiger partial charge in [-0.25, -0.2) is 4.98 Å². The van der Waals surface area contributed by atoms with Crippen LogP contribution in [0, 0.1) is 0 Å². The van der Waals surface area contributed by atoms with Crippen molar-refractivity contribution < 1.29 is 4.42 Å². The number of fused-ring (bicyclic) bond motifs is 1. The van der Waals surface area contributed by atoms with Gasteiger partial charge in [0, 0.05) is 12.3 Å². The zero-order valence-corrected chi connectivity index (χ0v) is 7.68. The van der Waals surface area contributed by atoms with E-state index in [0.717, 1.165) is 5.69 Å². The average Bonchev–Trinajstić information content (AvgIpc) is 2.85. The molecule has 3 rings (SSSR count). The van der Waals surface area contributed by atoms with Crippen molar-refractivity contribution in [2.75, 3.05) is 0 Å². The van der Waals surface area contributed by atoms with E-state index in [1.54, 1.807) is 29.4 Å². The Morgan fingerprint density at radius 1 is 1.40 bits per heavy atom. The van der Waals surface area contributed by atoms with Crippen molar-refractivity contribution in [3.8, 4) is 5.69 Å². The van der Waals surface area contributed by atoms with E-state index in [9.17, 15) is 4.79 Å². The molecule has 0 unspecified atom stereocenters.